The summed E-state index contributed by atoms with van der Waals surface area (Å²) in [6.45, 7) is 4.65. The van der Waals surface area contributed by atoms with Crippen molar-refractivity contribution in [1.82, 2.24) is 0 Å². The maximum absolute atomic E-state index is 11.9. The highest BCUT2D eigenvalue weighted by Gasteiger charge is 2.08. The van der Waals surface area contributed by atoms with Gasteiger partial charge in [-0.25, -0.2) is 4.79 Å². The Bertz CT molecular complexity index is 693. The molecule has 0 aromatic heterocycles. The van der Waals surface area contributed by atoms with Gasteiger partial charge in [-0.3, -0.25) is 4.79 Å². The number of anilines is 1. The molecule has 0 saturated carbocycles. The maximum atomic E-state index is 11.9. The summed E-state index contributed by atoms with van der Waals surface area (Å²) in [5.41, 5.74) is 2.26. The molecule has 0 aliphatic rings. The lowest BCUT2D eigenvalue weighted by atomic mass is 10.2. The number of amides is 1. The van der Waals surface area contributed by atoms with E-state index in [1.807, 2.05) is 38.1 Å². The molecule has 132 valence electrons. The smallest absolute Gasteiger partial charge is 0.338 e. The number of benzene rings is 2. The number of rotatable bonds is 8. The van der Waals surface area contributed by atoms with Gasteiger partial charge in [-0.2, -0.15) is 0 Å². The second kappa shape index (κ2) is 9.47. The first-order valence-corrected chi connectivity index (χ1v) is 8.35. The van der Waals surface area contributed by atoms with Gasteiger partial charge in [-0.15, -0.1) is 0 Å². The molecule has 0 saturated heterocycles. The molecule has 5 nitrogen and oxygen atoms in total. The van der Waals surface area contributed by atoms with Gasteiger partial charge in [-0.05, 0) is 49.7 Å². The molecule has 1 N–H and O–H groups in total. The number of carbonyl (C=O) groups excluding carboxylic acids is 2. The average Bonchev–Trinajstić information content (AvgIpc) is 2.62. The number of carbonyl (C=O) groups is 2. The van der Waals surface area contributed by atoms with Gasteiger partial charge in [0.2, 0.25) is 5.91 Å². The summed E-state index contributed by atoms with van der Waals surface area (Å²) in [4.78, 5) is 23.6. The third-order valence-corrected chi connectivity index (χ3v) is 3.46. The lowest BCUT2D eigenvalue weighted by Crippen LogP contribution is -2.15. The minimum absolute atomic E-state index is 0.145. The summed E-state index contributed by atoms with van der Waals surface area (Å²) in [7, 11) is 0. The normalized spacial score (nSPS) is 10.2. The lowest BCUT2D eigenvalue weighted by molar-refractivity contribution is -0.116. The van der Waals surface area contributed by atoms with E-state index < -0.39 is 0 Å². The molecule has 0 fully saturated rings. The maximum Gasteiger partial charge on any atom is 0.338 e. The number of hydrogen-bond donors (Lipinski definition) is 1. The van der Waals surface area contributed by atoms with Crippen molar-refractivity contribution in [2.45, 2.75) is 26.7 Å². The Balaban J connectivity index is 1.76. The van der Waals surface area contributed by atoms with Gasteiger partial charge in [-0.1, -0.05) is 24.6 Å². The van der Waals surface area contributed by atoms with Crippen LogP contribution in [0.5, 0.6) is 5.75 Å². The van der Waals surface area contributed by atoms with Crippen molar-refractivity contribution in [2.24, 2.45) is 0 Å². The van der Waals surface area contributed by atoms with Crippen LogP contribution in [-0.2, 0) is 9.53 Å². The number of hydrogen-bond acceptors (Lipinski definition) is 4. The summed E-state index contributed by atoms with van der Waals surface area (Å²) < 4.78 is 10.6. The van der Waals surface area contributed by atoms with Crippen molar-refractivity contribution in [1.29, 1.82) is 0 Å². The number of esters is 1. The second-order valence-electron chi connectivity index (χ2n) is 5.67. The molecule has 0 aliphatic heterocycles. The SMILES string of the molecule is CCCOC(=O)c1ccc(NC(=O)CCOc2ccc(C)cc2)cc1. The average molecular weight is 341 g/mol. The van der Waals surface area contributed by atoms with E-state index in [2.05, 4.69) is 5.32 Å². The van der Waals surface area contributed by atoms with Gasteiger partial charge in [0.15, 0.2) is 0 Å². The third-order valence-electron chi connectivity index (χ3n) is 3.46. The zero-order chi connectivity index (χ0) is 18.1. The molecular formula is C20H23NO4. The predicted molar refractivity (Wildman–Crippen MR) is 96.9 cm³/mol. The fraction of sp³-hybridized carbons (Fsp3) is 0.300. The molecule has 0 atom stereocenters. The Labute approximate surface area is 148 Å². The Morgan fingerprint density at radius 1 is 0.960 bits per heavy atom. The number of ether oxygens (including phenoxy) is 2. The molecule has 2 aromatic carbocycles. The molecule has 0 heterocycles. The van der Waals surface area contributed by atoms with Gasteiger partial charge in [0.25, 0.3) is 0 Å². The Kier molecular flexibility index (Phi) is 7.01. The predicted octanol–water partition coefficient (Wildman–Crippen LogP) is 3.97. The van der Waals surface area contributed by atoms with Crippen LogP contribution >= 0.6 is 0 Å². The highest BCUT2D eigenvalue weighted by Crippen LogP contribution is 2.13. The minimum Gasteiger partial charge on any atom is -0.493 e. The van der Waals surface area contributed by atoms with E-state index in [0.29, 0.717) is 24.5 Å². The van der Waals surface area contributed by atoms with Crippen LogP contribution in [0.1, 0.15) is 35.7 Å². The number of nitrogens with one attached hydrogen (secondary N) is 1. The zero-order valence-corrected chi connectivity index (χ0v) is 14.6. The van der Waals surface area contributed by atoms with Gasteiger partial charge in [0.1, 0.15) is 5.75 Å². The van der Waals surface area contributed by atoms with Crippen molar-refractivity contribution >= 4 is 17.6 Å². The molecule has 5 heteroatoms. The van der Waals surface area contributed by atoms with E-state index in [0.717, 1.165) is 17.7 Å². The van der Waals surface area contributed by atoms with Crippen molar-refractivity contribution in [2.75, 3.05) is 18.5 Å². The van der Waals surface area contributed by atoms with Gasteiger partial charge >= 0.3 is 5.97 Å². The van der Waals surface area contributed by atoms with Crippen LogP contribution in [0.2, 0.25) is 0 Å². The molecule has 0 unspecified atom stereocenters. The van der Waals surface area contributed by atoms with Gasteiger partial charge in [0.05, 0.1) is 25.2 Å². The third kappa shape index (κ3) is 6.30. The minimum atomic E-state index is -0.355. The van der Waals surface area contributed by atoms with Crippen LogP contribution in [0.25, 0.3) is 0 Å². The zero-order valence-electron chi connectivity index (χ0n) is 14.6. The van der Waals surface area contributed by atoms with Crippen LogP contribution in [0.4, 0.5) is 5.69 Å². The van der Waals surface area contributed by atoms with Crippen LogP contribution < -0.4 is 10.1 Å². The van der Waals surface area contributed by atoms with Crippen molar-refractivity contribution in [3.63, 3.8) is 0 Å². The quantitative estimate of drug-likeness (QED) is 0.738. The van der Waals surface area contributed by atoms with E-state index in [1.54, 1.807) is 24.3 Å². The molecule has 1 amide bonds. The highest BCUT2D eigenvalue weighted by molar-refractivity contribution is 5.93. The van der Waals surface area contributed by atoms with E-state index in [1.165, 1.54) is 0 Å². The first-order chi connectivity index (χ1) is 12.1. The summed E-state index contributed by atoms with van der Waals surface area (Å²) in [6, 6.07) is 14.3. The van der Waals surface area contributed by atoms with E-state index in [-0.39, 0.29) is 18.3 Å². The first-order valence-electron chi connectivity index (χ1n) is 8.35. The standard InChI is InChI=1S/C20H23NO4/c1-3-13-25-20(23)16-6-8-17(9-7-16)21-19(22)12-14-24-18-10-4-15(2)5-11-18/h4-11H,3,12-14H2,1-2H3,(H,21,22). The van der Waals surface area contributed by atoms with Crippen molar-refractivity contribution in [3.05, 3.63) is 59.7 Å². The van der Waals surface area contributed by atoms with Crippen LogP contribution in [0.3, 0.4) is 0 Å². The van der Waals surface area contributed by atoms with Crippen molar-refractivity contribution in [3.8, 4) is 5.75 Å². The molecule has 2 rings (SSSR count). The van der Waals surface area contributed by atoms with E-state index >= 15 is 0 Å². The summed E-state index contributed by atoms with van der Waals surface area (Å²) >= 11 is 0. The topological polar surface area (TPSA) is 64.6 Å². The highest BCUT2D eigenvalue weighted by atomic mass is 16.5. The molecule has 25 heavy (non-hydrogen) atoms. The largest absolute Gasteiger partial charge is 0.493 e. The Morgan fingerprint density at radius 3 is 2.28 bits per heavy atom. The molecule has 2 aromatic rings. The molecule has 0 spiro atoms. The monoisotopic (exact) mass is 341 g/mol. The van der Waals surface area contributed by atoms with Crippen molar-refractivity contribution < 1.29 is 19.1 Å². The summed E-state index contributed by atoms with van der Waals surface area (Å²) in [5, 5.41) is 2.78. The van der Waals surface area contributed by atoms with E-state index in [4.69, 9.17) is 9.47 Å². The Morgan fingerprint density at radius 2 is 1.64 bits per heavy atom. The summed E-state index contributed by atoms with van der Waals surface area (Å²) in [6.07, 6.45) is 1.03. The first kappa shape index (κ1) is 18.5. The Hall–Kier alpha value is -2.82. The fourth-order valence-corrected chi connectivity index (χ4v) is 2.09. The van der Waals surface area contributed by atoms with Crippen LogP contribution in [0.15, 0.2) is 48.5 Å². The lowest BCUT2D eigenvalue weighted by Gasteiger charge is -2.08. The second-order valence-corrected chi connectivity index (χ2v) is 5.67. The fourth-order valence-electron chi connectivity index (χ4n) is 2.09. The van der Waals surface area contributed by atoms with Gasteiger partial charge < -0.3 is 14.8 Å². The molecule has 0 radical (unpaired) electrons. The number of aryl methyl sites for hydroxylation is 1. The molecule has 0 aliphatic carbocycles. The summed E-state index contributed by atoms with van der Waals surface area (Å²) in [5.74, 6) is 0.244. The van der Waals surface area contributed by atoms with Crippen LogP contribution in [0, 0.1) is 6.92 Å². The van der Waals surface area contributed by atoms with Gasteiger partial charge in [0, 0.05) is 5.69 Å². The molecular weight excluding hydrogens is 318 g/mol. The van der Waals surface area contributed by atoms with E-state index in [9.17, 15) is 9.59 Å². The molecule has 0 bridgehead atoms. The van der Waals surface area contributed by atoms with Crippen LogP contribution in [-0.4, -0.2) is 25.1 Å².